The maximum Gasteiger partial charge on any atom is 0.323 e. The van der Waals surface area contributed by atoms with Crippen LogP contribution in [0.15, 0.2) is 0 Å². The molecule has 9 nitrogen and oxygen atoms in total. The number of carboxylic acid groups (broad SMARTS) is 3. The molecular weight excluding hydrogens is 248 g/mol. The number of aliphatic carboxylic acids is 3. The molecule has 0 aromatic carbocycles. The van der Waals surface area contributed by atoms with E-state index in [9.17, 15) is 14.4 Å². The van der Waals surface area contributed by atoms with Gasteiger partial charge in [0.1, 0.15) is 12.1 Å². The number of hydrogen-bond donors (Lipinski definition) is 5. The predicted molar refractivity (Wildman–Crippen MR) is 57.0 cm³/mol. The first-order chi connectivity index (χ1) is 8.25. The van der Waals surface area contributed by atoms with Crippen LogP contribution in [0, 0.1) is 0 Å². The van der Waals surface area contributed by atoms with Gasteiger partial charge in [0.15, 0.2) is 0 Å². The van der Waals surface area contributed by atoms with E-state index in [4.69, 9.17) is 26.3 Å². The number of hydrogen-bond acceptors (Lipinski definition) is 6. The topological polar surface area (TPSA) is 161 Å². The fourth-order valence-electron chi connectivity index (χ4n) is 1.28. The van der Waals surface area contributed by atoms with Gasteiger partial charge >= 0.3 is 17.9 Å². The van der Waals surface area contributed by atoms with Gasteiger partial charge in [0.25, 0.3) is 0 Å². The second-order valence-corrected chi connectivity index (χ2v) is 3.70. The van der Waals surface area contributed by atoms with Crippen LogP contribution in [0.5, 0.6) is 0 Å². The van der Waals surface area contributed by atoms with Gasteiger partial charge in [-0.1, -0.05) is 0 Å². The quantitative estimate of drug-likeness (QED) is 0.419. The molecule has 1 saturated heterocycles. The number of nitrogens with two attached hydrogens (primary N) is 1. The number of rotatable bonds is 4. The van der Waals surface area contributed by atoms with Gasteiger partial charge in [-0.25, -0.2) is 0 Å². The molecule has 1 rings (SSSR count). The largest absolute Gasteiger partial charge is 0.481 e. The molecule has 0 aliphatic carbocycles. The highest BCUT2D eigenvalue weighted by molar-refractivity contribution is 5.80. The summed E-state index contributed by atoms with van der Waals surface area (Å²) in [4.78, 5) is 29.8. The van der Waals surface area contributed by atoms with Crippen LogP contribution in [0.4, 0.5) is 0 Å². The Hall–Kier alpha value is -1.71. The molecular formula is C9H16N2O7. The third kappa shape index (κ3) is 6.13. The van der Waals surface area contributed by atoms with Gasteiger partial charge in [0.05, 0.1) is 6.42 Å². The minimum Gasteiger partial charge on any atom is -0.481 e. The van der Waals surface area contributed by atoms with Gasteiger partial charge in [-0.2, -0.15) is 5.06 Å². The lowest BCUT2D eigenvalue weighted by Gasteiger charge is -2.11. The van der Waals surface area contributed by atoms with Crippen molar-refractivity contribution in [1.82, 2.24) is 5.06 Å². The summed E-state index contributed by atoms with van der Waals surface area (Å²) in [6, 6.07) is -1.95. The average molecular weight is 264 g/mol. The third-order valence-corrected chi connectivity index (χ3v) is 2.22. The van der Waals surface area contributed by atoms with Gasteiger partial charge in [0, 0.05) is 6.54 Å². The first-order valence-corrected chi connectivity index (χ1v) is 5.14. The molecule has 18 heavy (non-hydrogen) atoms. The van der Waals surface area contributed by atoms with Gasteiger partial charge in [-0.05, 0) is 12.8 Å². The van der Waals surface area contributed by atoms with Crippen LogP contribution in [0.2, 0.25) is 0 Å². The minimum atomic E-state index is -1.29. The average Bonchev–Trinajstić information content (AvgIpc) is 2.64. The van der Waals surface area contributed by atoms with Crippen LogP contribution in [-0.2, 0) is 14.4 Å². The van der Waals surface area contributed by atoms with Crippen LogP contribution in [0.25, 0.3) is 0 Å². The Morgan fingerprint density at radius 1 is 1.28 bits per heavy atom. The van der Waals surface area contributed by atoms with E-state index in [0.29, 0.717) is 13.0 Å². The van der Waals surface area contributed by atoms with Crippen molar-refractivity contribution in [3.8, 4) is 0 Å². The van der Waals surface area contributed by atoms with Crippen molar-refractivity contribution in [3.05, 3.63) is 0 Å². The molecule has 1 fully saturated rings. The highest BCUT2D eigenvalue weighted by atomic mass is 16.5. The molecule has 0 bridgehead atoms. The first-order valence-electron chi connectivity index (χ1n) is 5.14. The van der Waals surface area contributed by atoms with Crippen molar-refractivity contribution < 1.29 is 34.9 Å². The Kier molecular flexibility index (Phi) is 6.86. The Morgan fingerprint density at radius 3 is 2.00 bits per heavy atom. The van der Waals surface area contributed by atoms with E-state index in [2.05, 4.69) is 0 Å². The zero-order chi connectivity index (χ0) is 14.3. The molecule has 0 saturated carbocycles. The smallest absolute Gasteiger partial charge is 0.323 e. The zero-order valence-corrected chi connectivity index (χ0v) is 9.52. The molecule has 1 heterocycles. The molecule has 0 aromatic heterocycles. The lowest BCUT2D eigenvalue weighted by molar-refractivity contribution is -0.161. The molecule has 0 amide bonds. The lowest BCUT2D eigenvalue weighted by Crippen LogP contribution is -2.32. The molecule has 0 spiro atoms. The summed E-state index contributed by atoms with van der Waals surface area (Å²) < 4.78 is 0. The van der Waals surface area contributed by atoms with Crippen molar-refractivity contribution in [1.29, 1.82) is 0 Å². The fourth-order valence-corrected chi connectivity index (χ4v) is 1.28. The van der Waals surface area contributed by atoms with Crippen molar-refractivity contribution >= 4 is 17.9 Å². The van der Waals surface area contributed by atoms with E-state index >= 15 is 0 Å². The van der Waals surface area contributed by atoms with Crippen LogP contribution in [0.3, 0.4) is 0 Å². The Balaban J connectivity index is 0.000000321. The third-order valence-electron chi connectivity index (χ3n) is 2.22. The van der Waals surface area contributed by atoms with E-state index in [1.54, 1.807) is 0 Å². The summed E-state index contributed by atoms with van der Waals surface area (Å²) in [6.07, 6.45) is 0.800. The number of hydroxylamine groups is 2. The number of carbonyl (C=O) groups is 3. The highest BCUT2D eigenvalue weighted by Crippen LogP contribution is 2.13. The summed E-state index contributed by atoms with van der Waals surface area (Å²) >= 11 is 0. The minimum absolute atomic E-state index is 0.483. The van der Waals surface area contributed by atoms with E-state index in [1.807, 2.05) is 0 Å². The first kappa shape index (κ1) is 16.3. The van der Waals surface area contributed by atoms with Crippen LogP contribution in [-0.4, -0.2) is 62.1 Å². The monoisotopic (exact) mass is 264 g/mol. The summed E-state index contributed by atoms with van der Waals surface area (Å²) in [6.45, 7) is 0.483. The van der Waals surface area contributed by atoms with Crippen molar-refractivity contribution in [2.75, 3.05) is 6.54 Å². The normalized spacial score (nSPS) is 20.7. The van der Waals surface area contributed by atoms with E-state index in [0.717, 1.165) is 11.5 Å². The Morgan fingerprint density at radius 2 is 1.83 bits per heavy atom. The van der Waals surface area contributed by atoms with Crippen LogP contribution in [0.1, 0.15) is 19.3 Å². The SMILES string of the molecule is NC(CC(=O)O)C(=O)O.O=C(O)C1CCCN1O. The molecule has 104 valence electrons. The maximum atomic E-state index is 10.2. The Labute approximate surface area is 102 Å². The van der Waals surface area contributed by atoms with Crippen molar-refractivity contribution in [2.24, 2.45) is 5.73 Å². The zero-order valence-electron chi connectivity index (χ0n) is 9.52. The van der Waals surface area contributed by atoms with E-state index < -0.39 is 36.4 Å². The van der Waals surface area contributed by atoms with Crippen molar-refractivity contribution in [3.63, 3.8) is 0 Å². The maximum absolute atomic E-state index is 10.2. The summed E-state index contributed by atoms with van der Waals surface area (Å²) in [5, 5.41) is 34.1. The number of carboxylic acids is 3. The van der Waals surface area contributed by atoms with E-state index in [-0.39, 0.29) is 0 Å². The molecule has 0 radical (unpaired) electrons. The van der Waals surface area contributed by atoms with Gasteiger partial charge in [-0.15, -0.1) is 0 Å². The number of nitrogens with zero attached hydrogens (tertiary/aromatic N) is 1. The summed E-state index contributed by atoms with van der Waals surface area (Å²) in [5.74, 6) is -3.43. The standard InChI is InChI=1S/C5H9NO3.C4H7NO4/c7-5(8)4-2-1-3-6(4)9;5-2(4(8)9)1-3(6)7/h4,9H,1-3H2,(H,7,8);2H,1,5H2,(H,6,7)(H,8,9). The molecule has 0 aromatic rings. The summed E-state index contributed by atoms with van der Waals surface area (Å²) in [7, 11) is 0. The second kappa shape index (κ2) is 7.58. The second-order valence-electron chi connectivity index (χ2n) is 3.70. The molecule has 1 aliphatic rings. The molecule has 2 unspecified atom stereocenters. The molecule has 2 atom stereocenters. The van der Waals surface area contributed by atoms with Crippen LogP contribution >= 0.6 is 0 Å². The molecule has 1 aliphatic heterocycles. The van der Waals surface area contributed by atoms with Gasteiger partial charge in [-0.3, -0.25) is 14.4 Å². The highest BCUT2D eigenvalue weighted by Gasteiger charge is 2.28. The lowest BCUT2D eigenvalue weighted by atomic mass is 10.2. The van der Waals surface area contributed by atoms with E-state index in [1.165, 1.54) is 0 Å². The van der Waals surface area contributed by atoms with Gasteiger partial charge in [0.2, 0.25) is 0 Å². The molecule has 9 heteroatoms. The van der Waals surface area contributed by atoms with Crippen LogP contribution < -0.4 is 5.73 Å². The van der Waals surface area contributed by atoms with Gasteiger partial charge < -0.3 is 26.3 Å². The van der Waals surface area contributed by atoms with Crippen molar-refractivity contribution in [2.45, 2.75) is 31.3 Å². The predicted octanol–water partition coefficient (Wildman–Crippen LogP) is -1.20. The Bertz CT molecular complexity index is 320. The molecule has 6 N–H and O–H groups in total. The fraction of sp³-hybridized carbons (Fsp3) is 0.667. The summed E-state index contributed by atoms with van der Waals surface area (Å²) in [5.41, 5.74) is 4.84.